The number of alkyl halides is 6. The van der Waals surface area contributed by atoms with E-state index in [0.29, 0.717) is 42.9 Å². The van der Waals surface area contributed by atoms with Gasteiger partial charge in [0.25, 0.3) is 5.91 Å². The Labute approximate surface area is 257 Å². The van der Waals surface area contributed by atoms with Gasteiger partial charge in [0.1, 0.15) is 5.82 Å². The largest absolute Gasteiger partial charge is 0.416 e. The number of carbonyl (C=O) groups is 2. The van der Waals surface area contributed by atoms with Gasteiger partial charge in [-0.05, 0) is 42.0 Å². The van der Waals surface area contributed by atoms with Crippen LogP contribution < -0.4 is 16.0 Å². The van der Waals surface area contributed by atoms with Gasteiger partial charge in [0.2, 0.25) is 5.91 Å². The fourth-order valence-corrected chi connectivity index (χ4v) is 4.85. The number of nitrogens with zero attached hydrogens (tertiary/aromatic N) is 1. The number of carbonyl (C=O) groups excluding carboxylic acids is 2. The zero-order chi connectivity index (χ0) is 32.2. The highest BCUT2D eigenvalue weighted by Crippen LogP contribution is 2.36. The molecule has 44 heavy (non-hydrogen) atoms. The molecule has 1 heterocycles. The van der Waals surface area contributed by atoms with Crippen molar-refractivity contribution in [2.45, 2.75) is 31.0 Å². The predicted octanol–water partition coefficient (Wildman–Crippen LogP) is 6.23. The highest BCUT2D eigenvalue weighted by Gasteiger charge is 2.37. The summed E-state index contributed by atoms with van der Waals surface area (Å²) in [5, 5.41) is 8.34. The Morgan fingerprint density at radius 2 is 1.52 bits per heavy atom. The summed E-state index contributed by atoms with van der Waals surface area (Å²) in [5.41, 5.74) is -3.22. The van der Waals surface area contributed by atoms with Crippen LogP contribution in [0.25, 0.3) is 0 Å². The Bertz CT molecular complexity index is 1480. The molecule has 3 aromatic carbocycles. The SMILES string of the molecule is O=C(CNC1CN(Cc2ccccc2F)C1)NC(CNC(=O)c1cc(C(F)(F)F)cc(C(F)(F)F)c1)c1ccc(Cl)c(Cl)c1. The van der Waals surface area contributed by atoms with E-state index in [1.54, 1.807) is 18.2 Å². The van der Waals surface area contributed by atoms with Gasteiger partial charge in [-0.15, -0.1) is 0 Å². The van der Waals surface area contributed by atoms with Crippen LogP contribution in [0.3, 0.4) is 0 Å². The first kappa shape index (κ1) is 33.5. The third-order valence-corrected chi connectivity index (χ3v) is 7.60. The summed E-state index contributed by atoms with van der Waals surface area (Å²) in [6, 6.07) is 10.3. The predicted molar refractivity (Wildman–Crippen MR) is 150 cm³/mol. The molecule has 0 aliphatic carbocycles. The van der Waals surface area contributed by atoms with Gasteiger partial charge in [-0.25, -0.2) is 4.39 Å². The first-order valence-electron chi connectivity index (χ1n) is 13.1. The van der Waals surface area contributed by atoms with E-state index in [1.165, 1.54) is 24.3 Å². The molecule has 1 atom stereocenters. The topological polar surface area (TPSA) is 73.5 Å². The standard InChI is InChI=1S/C29H25Cl2F7N4O2/c30-22-6-5-16(9-23(22)31)25(11-40-27(44)18-7-19(28(33,34)35)10-20(8-18)29(36,37)38)41-26(43)12-39-21-14-42(15-21)13-17-3-1-2-4-24(17)32/h1-10,21,25,39H,11-15H2,(H,40,44)(H,41,43). The van der Waals surface area contributed by atoms with E-state index in [9.17, 15) is 40.3 Å². The number of likely N-dealkylation sites (tertiary alicyclic amines) is 1. The lowest BCUT2D eigenvalue weighted by molar-refractivity contribution is -0.143. The molecule has 3 N–H and O–H groups in total. The molecule has 1 aliphatic heterocycles. The van der Waals surface area contributed by atoms with Gasteiger partial charge in [0.15, 0.2) is 0 Å². The average molecular weight is 665 g/mol. The first-order chi connectivity index (χ1) is 20.6. The summed E-state index contributed by atoms with van der Waals surface area (Å²) >= 11 is 12.1. The molecule has 4 rings (SSSR count). The summed E-state index contributed by atoms with van der Waals surface area (Å²) in [4.78, 5) is 27.5. The van der Waals surface area contributed by atoms with Crippen LogP contribution in [0.4, 0.5) is 30.7 Å². The third-order valence-electron chi connectivity index (χ3n) is 6.86. The molecule has 15 heteroatoms. The molecule has 1 fully saturated rings. The van der Waals surface area contributed by atoms with Crippen molar-refractivity contribution in [3.8, 4) is 0 Å². The molecule has 1 saturated heterocycles. The second-order valence-corrected chi connectivity index (χ2v) is 11.0. The quantitative estimate of drug-likeness (QED) is 0.225. The van der Waals surface area contributed by atoms with E-state index < -0.39 is 53.4 Å². The number of halogens is 9. The van der Waals surface area contributed by atoms with Crippen molar-refractivity contribution < 1.29 is 40.3 Å². The van der Waals surface area contributed by atoms with Gasteiger partial charge in [-0.3, -0.25) is 14.5 Å². The van der Waals surface area contributed by atoms with E-state index in [4.69, 9.17) is 23.2 Å². The summed E-state index contributed by atoms with van der Waals surface area (Å²) in [6.45, 7) is 0.981. The van der Waals surface area contributed by atoms with E-state index in [1.807, 2.05) is 4.90 Å². The van der Waals surface area contributed by atoms with Crippen molar-refractivity contribution in [3.05, 3.63) is 104 Å². The van der Waals surface area contributed by atoms with Crippen LogP contribution in [0.2, 0.25) is 10.0 Å². The molecule has 236 valence electrons. The minimum atomic E-state index is -5.13. The lowest BCUT2D eigenvalue weighted by atomic mass is 10.0. The highest BCUT2D eigenvalue weighted by molar-refractivity contribution is 6.42. The van der Waals surface area contributed by atoms with Gasteiger partial charge in [0, 0.05) is 43.3 Å². The first-order valence-corrected chi connectivity index (χ1v) is 13.9. The van der Waals surface area contributed by atoms with Crippen molar-refractivity contribution in [3.63, 3.8) is 0 Å². The average Bonchev–Trinajstić information content (AvgIpc) is 2.93. The number of benzene rings is 3. The lowest BCUT2D eigenvalue weighted by Gasteiger charge is -2.39. The van der Waals surface area contributed by atoms with E-state index in [0.717, 1.165) is 0 Å². The van der Waals surface area contributed by atoms with E-state index in [2.05, 4.69) is 16.0 Å². The summed E-state index contributed by atoms with van der Waals surface area (Å²) in [7, 11) is 0. The Morgan fingerprint density at radius 3 is 2.11 bits per heavy atom. The minimum Gasteiger partial charge on any atom is -0.350 e. The maximum absolute atomic E-state index is 13.9. The second-order valence-electron chi connectivity index (χ2n) is 10.2. The molecule has 2 amide bonds. The molecule has 0 aromatic heterocycles. The maximum atomic E-state index is 13.9. The zero-order valence-corrected chi connectivity index (χ0v) is 24.1. The van der Waals surface area contributed by atoms with E-state index >= 15 is 0 Å². The number of hydrogen-bond donors (Lipinski definition) is 3. The van der Waals surface area contributed by atoms with Crippen LogP contribution in [-0.2, 0) is 23.7 Å². The van der Waals surface area contributed by atoms with Gasteiger partial charge >= 0.3 is 12.4 Å². The monoisotopic (exact) mass is 664 g/mol. The van der Waals surface area contributed by atoms with Crippen molar-refractivity contribution in [1.29, 1.82) is 0 Å². The van der Waals surface area contributed by atoms with Crippen LogP contribution in [0.5, 0.6) is 0 Å². The van der Waals surface area contributed by atoms with Crippen molar-refractivity contribution in [1.82, 2.24) is 20.9 Å². The normalized spacial score (nSPS) is 15.0. The van der Waals surface area contributed by atoms with Crippen LogP contribution in [-0.4, -0.2) is 48.9 Å². The van der Waals surface area contributed by atoms with Crippen molar-refractivity contribution in [2.24, 2.45) is 0 Å². The number of hydrogen-bond acceptors (Lipinski definition) is 4. The summed E-state index contributed by atoms with van der Waals surface area (Å²) in [6.07, 6.45) is -10.3. The highest BCUT2D eigenvalue weighted by atomic mass is 35.5. The molecule has 0 saturated carbocycles. The summed E-state index contributed by atoms with van der Waals surface area (Å²) in [5.74, 6) is -2.04. The van der Waals surface area contributed by atoms with Crippen LogP contribution in [0.1, 0.15) is 38.7 Å². The molecule has 0 radical (unpaired) electrons. The smallest absolute Gasteiger partial charge is 0.350 e. The van der Waals surface area contributed by atoms with Gasteiger partial charge in [0.05, 0.1) is 33.8 Å². The van der Waals surface area contributed by atoms with Gasteiger partial charge < -0.3 is 16.0 Å². The molecule has 1 aliphatic rings. The zero-order valence-electron chi connectivity index (χ0n) is 22.6. The Hall–Kier alpha value is -3.39. The number of amides is 2. The van der Waals surface area contributed by atoms with Crippen LogP contribution >= 0.6 is 23.2 Å². The Morgan fingerprint density at radius 1 is 0.886 bits per heavy atom. The van der Waals surface area contributed by atoms with Gasteiger partial charge in [-0.2, -0.15) is 26.3 Å². The molecular weight excluding hydrogens is 640 g/mol. The minimum absolute atomic E-state index is 0.0561. The second kappa shape index (κ2) is 13.7. The molecular formula is C29H25Cl2F7N4O2. The van der Waals surface area contributed by atoms with Crippen LogP contribution in [0.15, 0.2) is 60.7 Å². The molecule has 6 nitrogen and oxygen atoms in total. The Balaban J connectivity index is 1.39. The lowest BCUT2D eigenvalue weighted by Crippen LogP contribution is -2.58. The number of rotatable bonds is 10. The molecule has 0 bridgehead atoms. The fourth-order valence-electron chi connectivity index (χ4n) is 4.54. The fraction of sp³-hybridized carbons (Fsp3) is 0.310. The van der Waals surface area contributed by atoms with Crippen molar-refractivity contribution >= 4 is 35.0 Å². The maximum Gasteiger partial charge on any atom is 0.416 e. The van der Waals surface area contributed by atoms with Gasteiger partial charge in [-0.1, -0.05) is 47.5 Å². The Kier molecular flexibility index (Phi) is 10.4. The third kappa shape index (κ3) is 8.84. The molecule has 1 unspecified atom stereocenters. The van der Waals surface area contributed by atoms with E-state index in [-0.39, 0.29) is 34.5 Å². The molecule has 0 spiro atoms. The number of nitrogens with one attached hydrogen (secondary N) is 3. The summed E-state index contributed by atoms with van der Waals surface area (Å²) < 4.78 is 93.4. The molecule has 3 aromatic rings. The van der Waals surface area contributed by atoms with Crippen LogP contribution in [0, 0.1) is 5.82 Å². The van der Waals surface area contributed by atoms with Crippen molar-refractivity contribution in [2.75, 3.05) is 26.2 Å².